The van der Waals surface area contributed by atoms with E-state index < -0.39 is 0 Å². The molecule has 0 aliphatic rings. The standard InChI is InChI=1S/C21H19N3OS3/c1-3-13-10-7-11-15-16(12-22-17(13)15)18(25)19(14-8-5-4-6-9-14)27-21-24-23-20(26-2)28-21/h4-12,19,22H,3H2,1-2H3. The summed E-state index contributed by atoms with van der Waals surface area (Å²) in [4.78, 5) is 16.9. The first-order valence-corrected chi connectivity index (χ1v) is 11.9. The third-order valence-corrected chi connectivity index (χ3v) is 7.81. The highest BCUT2D eigenvalue weighted by molar-refractivity contribution is 8.03. The zero-order valence-corrected chi connectivity index (χ0v) is 18.0. The second kappa shape index (κ2) is 8.51. The second-order valence-corrected chi connectivity index (χ2v) is 9.59. The fourth-order valence-electron chi connectivity index (χ4n) is 3.19. The molecule has 1 N–H and O–H groups in total. The number of fused-ring (bicyclic) bond motifs is 1. The molecule has 0 spiro atoms. The number of hydrogen-bond donors (Lipinski definition) is 1. The summed E-state index contributed by atoms with van der Waals surface area (Å²) < 4.78 is 1.71. The maximum Gasteiger partial charge on any atom is 0.182 e. The van der Waals surface area contributed by atoms with Crippen LogP contribution < -0.4 is 0 Å². The Bertz CT molecular complexity index is 1100. The van der Waals surface area contributed by atoms with Gasteiger partial charge in [0.1, 0.15) is 5.25 Å². The van der Waals surface area contributed by atoms with E-state index in [1.807, 2.05) is 54.9 Å². The Kier molecular flexibility index (Phi) is 5.85. The van der Waals surface area contributed by atoms with Crippen LogP contribution in [0.1, 0.15) is 33.7 Å². The van der Waals surface area contributed by atoms with E-state index in [2.05, 4.69) is 28.2 Å². The molecule has 4 aromatic rings. The summed E-state index contributed by atoms with van der Waals surface area (Å²) in [5.74, 6) is 0.0802. The number of para-hydroxylation sites is 1. The Morgan fingerprint density at radius 3 is 2.61 bits per heavy atom. The minimum atomic E-state index is -0.367. The number of thioether (sulfide) groups is 2. The highest BCUT2D eigenvalue weighted by atomic mass is 32.2. The van der Waals surface area contributed by atoms with E-state index in [1.54, 1.807) is 11.8 Å². The Morgan fingerprint density at radius 1 is 1.11 bits per heavy atom. The molecule has 7 heteroatoms. The molecule has 0 aliphatic heterocycles. The minimum Gasteiger partial charge on any atom is -0.360 e. The first-order chi connectivity index (χ1) is 13.7. The van der Waals surface area contributed by atoms with Crippen LogP contribution in [0, 0.1) is 0 Å². The molecular weight excluding hydrogens is 406 g/mol. The third-order valence-electron chi connectivity index (χ3n) is 4.57. The summed E-state index contributed by atoms with van der Waals surface area (Å²) in [5.41, 5.74) is 3.96. The zero-order chi connectivity index (χ0) is 19.5. The quantitative estimate of drug-likeness (QED) is 0.290. The van der Waals surface area contributed by atoms with E-state index in [-0.39, 0.29) is 11.0 Å². The highest BCUT2D eigenvalue weighted by Crippen LogP contribution is 2.41. The van der Waals surface area contributed by atoms with E-state index in [1.165, 1.54) is 28.7 Å². The second-order valence-electron chi connectivity index (χ2n) is 6.21. The molecule has 2 aromatic carbocycles. The first-order valence-electron chi connectivity index (χ1n) is 8.93. The molecule has 0 amide bonds. The van der Waals surface area contributed by atoms with Crippen molar-refractivity contribution in [2.75, 3.05) is 6.26 Å². The van der Waals surface area contributed by atoms with Crippen LogP contribution in [-0.2, 0) is 6.42 Å². The van der Waals surface area contributed by atoms with Crippen molar-refractivity contribution in [1.82, 2.24) is 15.2 Å². The van der Waals surface area contributed by atoms with Crippen molar-refractivity contribution in [1.29, 1.82) is 0 Å². The van der Waals surface area contributed by atoms with Crippen molar-refractivity contribution in [3.63, 3.8) is 0 Å². The largest absolute Gasteiger partial charge is 0.360 e. The molecule has 2 heterocycles. The normalized spacial score (nSPS) is 12.4. The number of ketones is 1. The maximum absolute atomic E-state index is 13.6. The van der Waals surface area contributed by atoms with E-state index in [0.29, 0.717) is 0 Å². The number of rotatable bonds is 7. The lowest BCUT2D eigenvalue weighted by Crippen LogP contribution is -2.09. The number of aryl methyl sites for hydroxylation is 1. The number of H-pyrrole nitrogens is 1. The van der Waals surface area contributed by atoms with E-state index in [0.717, 1.165) is 37.1 Å². The van der Waals surface area contributed by atoms with Crippen LogP contribution in [0.15, 0.2) is 63.4 Å². The minimum absolute atomic E-state index is 0.0802. The summed E-state index contributed by atoms with van der Waals surface area (Å²) >= 11 is 4.56. The molecular formula is C21H19N3OS3. The Balaban J connectivity index is 1.75. The number of carbonyl (C=O) groups is 1. The molecule has 0 saturated heterocycles. The van der Waals surface area contributed by atoms with Gasteiger partial charge in [-0.25, -0.2) is 0 Å². The van der Waals surface area contributed by atoms with Gasteiger partial charge in [0, 0.05) is 22.7 Å². The van der Waals surface area contributed by atoms with E-state index in [9.17, 15) is 4.79 Å². The van der Waals surface area contributed by atoms with Gasteiger partial charge >= 0.3 is 0 Å². The van der Waals surface area contributed by atoms with Crippen LogP contribution >= 0.6 is 34.9 Å². The number of benzene rings is 2. The van der Waals surface area contributed by atoms with Crippen LogP contribution in [0.5, 0.6) is 0 Å². The summed E-state index contributed by atoms with van der Waals surface area (Å²) in [6.45, 7) is 2.12. The topological polar surface area (TPSA) is 58.6 Å². The molecule has 28 heavy (non-hydrogen) atoms. The van der Waals surface area contributed by atoms with Crippen molar-refractivity contribution in [3.8, 4) is 0 Å². The van der Waals surface area contributed by atoms with Gasteiger partial charge in [0.15, 0.2) is 14.5 Å². The van der Waals surface area contributed by atoms with Gasteiger partial charge in [-0.2, -0.15) is 0 Å². The van der Waals surface area contributed by atoms with E-state index in [4.69, 9.17) is 0 Å². The van der Waals surface area contributed by atoms with Gasteiger partial charge < -0.3 is 4.98 Å². The van der Waals surface area contributed by atoms with Crippen molar-refractivity contribution in [2.45, 2.75) is 27.3 Å². The van der Waals surface area contributed by atoms with Crippen LogP contribution in [0.3, 0.4) is 0 Å². The predicted molar refractivity (Wildman–Crippen MR) is 119 cm³/mol. The van der Waals surface area contributed by atoms with Crippen molar-refractivity contribution in [3.05, 3.63) is 71.4 Å². The number of hydrogen-bond acceptors (Lipinski definition) is 6. The van der Waals surface area contributed by atoms with Gasteiger partial charge in [-0.1, -0.05) is 90.3 Å². The maximum atomic E-state index is 13.6. The lowest BCUT2D eigenvalue weighted by Gasteiger charge is -2.14. The summed E-state index contributed by atoms with van der Waals surface area (Å²) in [7, 11) is 0. The Morgan fingerprint density at radius 2 is 1.89 bits per heavy atom. The van der Waals surface area contributed by atoms with Gasteiger partial charge in [0.2, 0.25) is 0 Å². The van der Waals surface area contributed by atoms with Crippen LogP contribution in [0.4, 0.5) is 0 Å². The van der Waals surface area contributed by atoms with Crippen LogP contribution in [0.2, 0.25) is 0 Å². The van der Waals surface area contributed by atoms with Crippen molar-refractivity contribution in [2.24, 2.45) is 0 Å². The zero-order valence-electron chi connectivity index (χ0n) is 15.5. The first kappa shape index (κ1) is 19.2. The SMILES string of the molecule is CCc1cccc2c(C(=O)C(Sc3nnc(SC)s3)c3ccccc3)c[nH]c12. The molecule has 0 bridgehead atoms. The fraction of sp³-hybridized carbons (Fsp3) is 0.190. The van der Waals surface area contributed by atoms with Crippen molar-refractivity contribution >= 4 is 51.5 Å². The third kappa shape index (κ3) is 3.74. The smallest absolute Gasteiger partial charge is 0.182 e. The monoisotopic (exact) mass is 425 g/mol. The fourth-order valence-corrected chi connectivity index (χ4v) is 5.88. The van der Waals surface area contributed by atoms with Gasteiger partial charge in [-0.05, 0) is 23.8 Å². The molecule has 0 saturated carbocycles. The van der Waals surface area contributed by atoms with Gasteiger partial charge in [-0.3, -0.25) is 4.79 Å². The van der Waals surface area contributed by atoms with Crippen LogP contribution in [-0.4, -0.2) is 27.2 Å². The van der Waals surface area contributed by atoms with E-state index >= 15 is 0 Å². The molecule has 2 aromatic heterocycles. The van der Waals surface area contributed by atoms with Gasteiger partial charge in [-0.15, -0.1) is 10.2 Å². The number of carbonyl (C=O) groups excluding carboxylic acids is 1. The predicted octanol–water partition coefficient (Wildman–Crippen LogP) is 6.02. The number of nitrogens with one attached hydrogen (secondary N) is 1. The summed E-state index contributed by atoms with van der Waals surface area (Å²) in [6, 6.07) is 16.0. The highest BCUT2D eigenvalue weighted by Gasteiger charge is 2.27. The number of Topliss-reactive ketones (excluding diaryl/α,β-unsaturated/α-hetero) is 1. The molecule has 4 nitrogen and oxygen atoms in total. The van der Waals surface area contributed by atoms with Crippen LogP contribution in [0.25, 0.3) is 10.9 Å². The van der Waals surface area contributed by atoms with Crippen molar-refractivity contribution < 1.29 is 4.79 Å². The van der Waals surface area contributed by atoms with Gasteiger partial charge in [0.25, 0.3) is 0 Å². The molecule has 0 radical (unpaired) electrons. The Labute approximate surface area is 176 Å². The number of aromatic amines is 1. The van der Waals surface area contributed by atoms with Gasteiger partial charge in [0.05, 0.1) is 0 Å². The molecule has 4 rings (SSSR count). The Hall–Kier alpha value is -2.09. The average molecular weight is 426 g/mol. The molecule has 0 fully saturated rings. The molecule has 1 atom stereocenters. The lowest BCUT2D eigenvalue weighted by molar-refractivity contribution is 0.0991. The lowest BCUT2D eigenvalue weighted by atomic mass is 10.0. The molecule has 0 aliphatic carbocycles. The molecule has 1 unspecified atom stereocenters. The average Bonchev–Trinajstić information content (AvgIpc) is 3.38. The summed E-state index contributed by atoms with van der Waals surface area (Å²) in [5, 5.41) is 9.04. The number of aromatic nitrogens is 3. The molecule has 142 valence electrons. The number of nitrogens with zero attached hydrogens (tertiary/aromatic N) is 2. The summed E-state index contributed by atoms with van der Waals surface area (Å²) in [6.07, 6.45) is 4.74.